The molecule has 0 amide bonds. The molecule has 0 aliphatic heterocycles. The molecule has 5 heteroatoms. The third-order valence-corrected chi connectivity index (χ3v) is 3.07. The Balaban J connectivity index is 2.21. The SMILES string of the molecule is CCCn1cc(-c2cccc3nc[nH]c(=O)c23)cn1. The quantitative estimate of drug-likeness (QED) is 0.779. The van der Waals surface area contributed by atoms with E-state index in [2.05, 4.69) is 22.0 Å². The van der Waals surface area contributed by atoms with Gasteiger partial charge in [0.2, 0.25) is 0 Å². The first-order chi connectivity index (χ1) is 9.29. The van der Waals surface area contributed by atoms with E-state index >= 15 is 0 Å². The van der Waals surface area contributed by atoms with Gasteiger partial charge in [0, 0.05) is 18.3 Å². The number of nitrogens with one attached hydrogen (secondary N) is 1. The van der Waals surface area contributed by atoms with Crippen molar-refractivity contribution in [3.63, 3.8) is 0 Å². The van der Waals surface area contributed by atoms with Crippen LogP contribution >= 0.6 is 0 Å². The summed E-state index contributed by atoms with van der Waals surface area (Å²) in [5.74, 6) is 0. The summed E-state index contributed by atoms with van der Waals surface area (Å²) in [6.45, 7) is 2.98. The van der Waals surface area contributed by atoms with Crippen molar-refractivity contribution in [2.45, 2.75) is 19.9 Å². The highest BCUT2D eigenvalue weighted by Crippen LogP contribution is 2.24. The highest BCUT2D eigenvalue weighted by atomic mass is 16.1. The molecule has 0 spiro atoms. The van der Waals surface area contributed by atoms with Gasteiger partial charge in [-0.25, -0.2) is 4.98 Å². The van der Waals surface area contributed by atoms with Crippen LogP contribution in [0.1, 0.15) is 13.3 Å². The summed E-state index contributed by atoms with van der Waals surface area (Å²) >= 11 is 0. The van der Waals surface area contributed by atoms with Gasteiger partial charge in [0.05, 0.1) is 23.4 Å². The second-order valence-corrected chi connectivity index (χ2v) is 4.42. The van der Waals surface area contributed by atoms with Crippen molar-refractivity contribution in [2.24, 2.45) is 0 Å². The molecule has 0 aliphatic carbocycles. The molecule has 0 aliphatic rings. The van der Waals surface area contributed by atoms with Crippen LogP contribution in [-0.2, 0) is 6.54 Å². The molecule has 3 rings (SSSR count). The average molecular weight is 254 g/mol. The molecule has 2 aromatic heterocycles. The minimum atomic E-state index is -0.121. The average Bonchev–Trinajstić information content (AvgIpc) is 2.87. The molecule has 0 radical (unpaired) electrons. The predicted molar refractivity (Wildman–Crippen MR) is 73.9 cm³/mol. The largest absolute Gasteiger partial charge is 0.313 e. The molecule has 2 heterocycles. The molecule has 0 saturated carbocycles. The van der Waals surface area contributed by atoms with Crippen LogP contribution in [0.5, 0.6) is 0 Å². The molecule has 0 bridgehead atoms. The number of hydrogen-bond donors (Lipinski definition) is 1. The first kappa shape index (κ1) is 11.6. The van der Waals surface area contributed by atoms with Gasteiger partial charge in [0.1, 0.15) is 0 Å². The highest BCUT2D eigenvalue weighted by molar-refractivity contribution is 5.93. The standard InChI is InChI=1S/C14H14N4O/c1-2-6-18-8-10(7-17-18)11-4-3-5-12-13(11)14(19)16-9-15-12/h3-5,7-9H,2,6H2,1H3,(H,15,16,19). The predicted octanol–water partition coefficient (Wildman–Crippen LogP) is 2.20. The van der Waals surface area contributed by atoms with E-state index in [-0.39, 0.29) is 5.56 Å². The Kier molecular flexibility index (Phi) is 2.87. The maximum absolute atomic E-state index is 12.0. The summed E-state index contributed by atoms with van der Waals surface area (Å²) in [5, 5.41) is 4.91. The van der Waals surface area contributed by atoms with Gasteiger partial charge in [-0.2, -0.15) is 5.10 Å². The minimum Gasteiger partial charge on any atom is -0.313 e. The summed E-state index contributed by atoms with van der Waals surface area (Å²) in [6.07, 6.45) is 6.20. The van der Waals surface area contributed by atoms with Crippen molar-refractivity contribution in [2.75, 3.05) is 0 Å². The molecule has 0 unspecified atom stereocenters. The number of nitrogens with zero attached hydrogens (tertiary/aromatic N) is 3. The summed E-state index contributed by atoms with van der Waals surface area (Å²) in [7, 11) is 0. The summed E-state index contributed by atoms with van der Waals surface area (Å²) in [5.41, 5.74) is 2.39. The number of aromatic amines is 1. The van der Waals surface area contributed by atoms with Gasteiger partial charge < -0.3 is 4.98 Å². The molecular formula is C14H14N4O. The van der Waals surface area contributed by atoms with Gasteiger partial charge in [-0.15, -0.1) is 0 Å². The second-order valence-electron chi connectivity index (χ2n) is 4.42. The van der Waals surface area contributed by atoms with E-state index in [0.29, 0.717) is 10.9 Å². The van der Waals surface area contributed by atoms with Crippen LogP contribution in [0, 0.1) is 0 Å². The van der Waals surface area contributed by atoms with Crippen molar-refractivity contribution in [3.8, 4) is 11.1 Å². The van der Waals surface area contributed by atoms with E-state index in [9.17, 15) is 4.79 Å². The van der Waals surface area contributed by atoms with E-state index in [4.69, 9.17) is 0 Å². The monoisotopic (exact) mass is 254 g/mol. The van der Waals surface area contributed by atoms with Crippen molar-refractivity contribution >= 4 is 10.9 Å². The van der Waals surface area contributed by atoms with Gasteiger partial charge in [-0.1, -0.05) is 19.1 Å². The molecule has 19 heavy (non-hydrogen) atoms. The van der Waals surface area contributed by atoms with Crippen LogP contribution < -0.4 is 5.56 Å². The number of rotatable bonds is 3. The van der Waals surface area contributed by atoms with E-state index in [1.54, 1.807) is 6.20 Å². The number of aryl methyl sites for hydroxylation is 1. The Morgan fingerprint density at radius 2 is 2.26 bits per heavy atom. The van der Waals surface area contributed by atoms with Gasteiger partial charge in [-0.05, 0) is 18.1 Å². The summed E-state index contributed by atoms with van der Waals surface area (Å²) in [4.78, 5) is 18.8. The molecule has 1 N–H and O–H groups in total. The highest BCUT2D eigenvalue weighted by Gasteiger charge is 2.09. The Morgan fingerprint density at radius 3 is 3.11 bits per heavy atom. The number of benzene rings is 1. The zero-order valence-electron chi connectivity index (χ0n) is 10.6. The van der Waals surface area contributed by atoms with Gasteiger partial charge >= 0.3 is 0 Å². The zero-order chi connectivity index (χ0) is 13.2. The lowest BCUT2D eigenvalue weighted by atomic mass is 10.0. The Morgan fingerprint density at radius 1 is 1.37 bits per heavy atom. The fourth-order valence-corrected chi connectivity index (χ4v) is 2.21. The van der Waals surface area contributed by atoms with Crippen molar-refractivity contribution in [1.29, 1.82) is 0 Å². The third kappa shape index (κ3) is 2.03. The lowest BCUT2D eigenvalue weighted by Gasteiger charge is -2.02. The molecule has 0 fully saturated rings. The van der Waals surface area contributed by atoms with Crippen LogP contribution in [0.25, 0.3) is 22.0 Å². The van der Waals surface area contributed by atoms with Crippen LogP contribution in [0.15, 0.2) is 41.7 Å². The maximum Gasteiger partial charge on any atom is 0.259 e. The Bertz CT molecular complexity index is 767. The molecule has 0 saturated heterocycles. The van der Waals surface area contributed by atoms with Crippen LogP contribution in [-0.4, -0.2) is 19.7 Å². The number of aromatic nitrogens is 4. The van der Waals surface area contributed by atoms with Crippen LogP contribution in [0.3, 0.4) is 0 Å². The van der Waals surface area contributed by atoms with Gasteiger partial charge in [-0.3, -0.25) is 9.48 Å². The van der Waals surface area contributed by atoms with Crippen LogP contribution in [0.2, 0.25) is 0 Å². The third-order valence-electron chi connectivity index (χ3n) is 3.07. The topological polar surface area (TPSA) is 63.6 Å². The van der Waals surface area contributed by atoms with Crippen molar-refractivity contribution in [1.82, 2.24) is 19.7 Å². The van der Waals surface area contributed by atoms with E-state index in [1.807, 2.05) is 29.1 Å². The van der Waals surface area contributed by atoms with E-state index in [0.717, 1.165) is 24.1 Å². The molecule has 1 aromatic carbocycles. The molecule has 0 atom stereocenters. The Labute approximate surface area is 109 Å². The zero-order valence-corrected chi connectivity index (χ0v) is 10.6. The summed E-state index contributed by atoms with van der Waals surface area (Å²) < 4.78 is 1.89. The first-order valence-electron chi connectivity index (χ1n) is 6.29. The molecule has 3 aromatic rings. The molecular weight excluding hydrogens is 240 g/mol. The van der Waals surface area contributed by atoms with Crippen molar-refractivity contribution in [3.05, 3.63) is 47.3 Å². The van der Waals surface area contributed by atoms with E-state index in [1.165, 1.54) is 6.33 Å². The number of hydrogen-bond acceptors (Lipinski definition) is 3. The Hall–Kier alpha value is -2.43. The minimum absolute atomic E-state index is 0.121. The lowest BCUT2D eigenvalue weighted by Crippen LogP contribution is -2.07. The fraction of sp³-hybridized carbons (Fsp3) is 0.214. The molecule has 5 nitrogen and oxygen atoms in total. The maximum atomic E-state index is 12.0. The fourth-order valence-electron chi connectivity index (χ4n) is 2.21. The smallest absolute Gasteiger partial charge is 0.259 e. The van der Waals surface area contributed by atoms with Gasteiger partial charge in [0.15, 0.2) is 0 Å². The second kappa shape index (κ2) is 4.68. The van der Waals surface area contributed by atoms with Crippen LogP contribution in [0.4, 0.5) is 0 Å². The molecule has 96 valence electrons. The normalized spacial score (nSPS) is 11.0. The summed E-state index contributed by atoms with van der Waals surface area (Å²) in [6, 6.07) is 5.67. The van der Waals surface area contributed by atoms with Gasteiger partial charge in [0.25, 0.3) is 5.56 Å². The number of H-pyrrole nitrogens is 1. The first-order valence-corrected chi connectivity index (χ1v) is 6.29. The lowest BCUT2D eigenvalue weighted by molar-refractivity contribution is 0.603. The number of fused-ring (bicyclic) bond motifs is 1. The van der Waals surface area contributed by atoms with E-state index < -0.39 is 0 Å². The van der Waals surface area contributed by atoms with Crippen molar-refractivity contribution < 1.29 is 0 Å².